The lowest BCUT2D eigenvalue weighted by atomic mass is 10.1. The van der Waals surface area contributed by atoms with Gasteiger partial charge in [0.05, 0.1) is 24.9 Å². The lowest BCUT2D eigenvalue weighted by molar-refractivity contribution is -0.135. The van der Waals surface area contributed by atoms with Gasteiger partial charge in [-0.05, 0) is 43.3 Å². The third-order valence-corrected chi connectivity index (χ3v) is 7.43. The van der Waals surface area contributed by atoms with E-state index in [4.69, 9.17) is 4.42 Å². The molecule has 0 radical (unpaired) electrons. The average molecular weight is 456 g/mol. The highest BCUT2D eigenvalue weighted by Gasteiger charge is 2.36. The molecule has 0 bridgehead atoms. The molecule has 170 valence electrons. The molecule has 1 N–H and O–H groups in total. The van der Waals surface area contributed by atoms with E-state index in [0.717, 1.165) is 49.6 Å². The van der Waals surface area contributed by atoms with Gasteiger partial charge in [0.1, 0.15) is 11.5 Å². The number of nitrogens with zero attached hydrogens (tertiary/aromatic N) is 4. The van der Waals surface area contributed by atoms with Crippen molar-refractivity contribution in [2.45, 2.75) is 44.3 Å². The van der Waals surface area contributed by atoms with E-state index in [1.165, 1.54) is 0 Å². The normalized spacial score (nSPS) is 23.2. The number of carbonyl (C=O) groups is 2. The first kappa shape index (κ1) is 21.4. The number of piperazine rings is 1. The van der Waals surface area contributed by atoms with Gasteiger partial charge in [-0.2, -0.15) is 5.10 Å². The molecule has 1 aliphatic carbocycles. The van der Waals surface area contributed by atoms with Crippen molar-refractivity contribution < 1.29 is 14.0 Å². The van der Waals surface area contributed by atoms with Crippen LogP contribution in [0.5, 0.6) is 0 Å². The standard InChI is InChI=1S/C23H29N5O3S/c1-16(23(30)24-17-6-7-17)27-10-8-26(9-11-27)15-22(29)28-19(21-5-3-13-32-21)14-18(25-28)20-4-2-12-31-20/h2-5,12-13,16-17,19H,6-11,14-15H2,1H3,(H,24,30). The second kappa shape index (κ2) is 9.17. The Balaban J connectivity index is 1.19. The van der Waals surface area contributed by atoms with E-state index in [-0.39, 0.29) is 23.9 Å². The fourth-order valence-electron chi connectivity index (χ4n) is 4.32. The van der Waals surface area contributed by atoms with Gasteiger partial charge in [0.25, 0.3) is 5.91 Å². The van der Waals surface area contributed by atoms with Crippen LogP contribution in [-0.2, 0) is 9.59 Å². The highest BCUT2D eigenvalue weighted by molar-refractivity contribution is 7.10. The van der Waals surface area contributed by atoms with E-state index in [0.29, 0.717) is 24.8 Å². The van der Waals surface area contributed by atoms with Gasteiger partial charge in [0, 0.05) is 43.5 Å². The molecule has 8 nitrogen and oxygen atoms in total. The largest absolute Gasteiger partial charge is 0.463 e. The average Bonchev–Trinajstić information content (AvgIpc) is 3.26. The predicted molar refractivity (Wildman–Crippen MR) is 122 cm³/mol. The molecule has 2 fully saturated rings. The molecule has 2 aromatic heterocycles. The first-order valence-corrected chi connectivity index (χ1v) is 12.2. The zero-order valence-electron chi connectivity index (χ0n) is 18.3. The summed E-state index contributed by atoms with van der Waals surface area (Å²) in [6.45, 7) is 5.38. The molecule has 2 aromatic rings. The Kier molecular flexibility index (Phi) is 6.12. The van der Waals surface area contributed by atoms with Gasteiger partial charge in [-0.25, -0.2) is 5.01 Å². The summed E-state index contributed by atoms with van der Waals surface area (Å²) in [7, 11) is 0. The second-order valence-corrected chi connectivity index (χ2v) is 9.75. The van der Waals surface area contributed by atoms with Gasteiger partial charge >= 0.3 is 0 Å². The van der Waals surface area contributed by atoms with Crippen LogP contribution < -0.4 is 5.32 Å². The lowest BCUT2D eigenvalue weighted by Gasteiger charge is -2.37. The van der Waals surface area contributed by atoms with E-state index in [1.807, 2.05) is 30.5 Å². The molecule has 3 aliphatic rings. The van der Waals surface area contributed by atoms with Gasteiger partial charge in [-0.3, -0.25) is 19.4 Å². The monoisotopic (exact) mass is 455 g/mol. The van der Waals surface area contributed by atoms with Gasteiger partial charge in [0.15, 0.2) is 0 Å². The van der Waals surface area contributed by atoms with Gasteiger partial charge < -0.3 is 9.73 Å². The molecule has 1 saturated heterocycles. The summed E-state index contributed by atoms with van der Waals surface area (Å²) in [6.07, 6.45) is 4.48. The number of hydrogen-bond donors (Lipinski definition) is 1. The smallest absolute Gasteiger partial charge is 0.257 e. The molecule has 2 aliphatic heterocycles. The topological polar surface area (TPSA) is 81.4 Å². The maximum absolute atomic E-state index is 13.3. The number of furan rings is 1. The zero-order valence-corrected chi connectivity index (χ0v) is 19.1. The molecule has 9 heteroatoms. The van der Waals surface area contributed by atoms with Gasteiger partial charge in [0.2, 0.25) is 5.91 Å². The Hall–Kier alpha value is -2.49. The number of thiophene rings is 1. The summed E-state index contributed by atoms with van der Waals surface area (Å²) in [5.74, 6) is 0.833. The summed E-state index contributed by atoms with van der Waals surface area (Å²) in [4.78, 5) is 31.1. The molecule has 4 heterocycles. The van der Waals surface area contributed by atoms with Crippen LogP contribution in [0.15, 0.2) is 45.4 Å². The Labute approximate surface area is 191 Å². The highest BCUT2D eigenvalue weighted by Crippen LogP contribution is 2.35. The first-order valence-electron chi connectivity index (χ1n) is 11.3. The van der Waals surface area contributed by atoms with Gasteiger partial charge in [-0.1, -0.05) is 6.07 Å². The maximum Gasteiger partial charge on any atom is 0.257 e. The number of carbonyl (C=O) groups excluding carboxylic acids is 2. The number of hydrazone groups is 1. The van der Waals surface area contributed by atoms with Crippen LogP contribution in [0.3, 0.4) is 0 Å². The molecule has 1 saturated carbocycles. The summed E-state index contributed by atoms with van der Waals surface area (Å²) in [5.41, 5.74) is 0.807. The first-order chi connectivity index (χ1) is 15.6. The zero-order chi connectivity index (χ0) is 22.1. The molecule has 0 spiro atoms. The number of amides is 2. The van der Waals surface area contributed by atoms with Crippen LogP contribution in [0.25, 0.3) is 0 Å². The van der Waals surface area contributed by atoms with E-state index in [9.17, 15) is 9.59 Å². The summed E-state index contributed by atoms with van der Waals surface area (Å²) in [6, 6.07) is 7.96. The Morgan fingerprint density at radius 1 is 1.22 bits per heavy atom. The summed E-state index contributed by atoms with van der Waals surface area (Å²) >= 11 is 1.65. The Morgan fingerprint density at radius 3 is 2.69 bits per heavy atom. The van der Waals surface area contributed by atoms with Crippen molar-refractivity contribution in [3.05, 3.63) is 46.5 Å². The summed E-state index contributed by atoms with van der Waals surface area (Å²) < 4.78 is 5.53. The number of rotatable bonds is 7. The molecular weight excluding hydrogens is 426 g/mol. The van der Waals surface area contributed by atoms with Crippen LogP contribution >= 0.6 is 11.3 Å². The molecule has 2 unspecified atom stereocenters. The lowest BCUT2D eigenvalue weighted by Crippen LogP contribution is -2.55. The van der Waals surface area contributed by atoms with Crippen molar-refractivity contribution >= 4 is 28.9 Å². The molecule has 32 heavy (non-hydrogen) atoms. The van der Waals surface area contributed by atoms with Crippen molar-refractivity contribution in [1.82, 2.24) is 20.1 Å². The van der Waals surface area contributed by atoms with Crippen molar-refractivity contribution in [3.8, 4) is 0 Å². The van der Waals surface area contributed by atoms with Crippen LogP contribution in [0.1, 0.15) is 42.9 Å². The minimum atomic E-state index is -0.129. The minimum absolute atomic E-state index is 0.00192. The van der Waals surface area contributed by atoms with Crippen LogP contribution in [0.2, 0.25) is 0 Å². The quantitative estimate of drug-likeness (QED) is 0.693. The van der Waals surface area contributed by atoms with Crippen molar-refractivity contribution in [2.75, 3.05) is 32.7 Å². The van der Waals surface area contributed by atoms with Crippen molar-refractivity contribution in [2.24, 2.45) is 5.10 Å². The number of hydrogen-bond acceptors (Lipinski definition) is 7. The fourth-order valence-corrected chi connectivity index (χ4v) is 5.13. The van der Waals surface area contributed by atoms with Gasteiger partial charge in [-0.15, -0.1) is 11.3 Å². The minimum Gasteiger partial charge on any atom is -0.463 e. The van der Waals surface area contributed by atoms with E-state index in [1.54, 1.807) is 22.6 Å². The third-order valence-electron chi connectivity index (χ3n) is 6.46. The van der Waals surface area contributed by atoms with E-state index < -0.39 is 0 Å². The maximum atomic E-state index is 13.3. The third kappa shape index (κ3) is 4.65. The Bertz CT molecular complexity index is 962. The highest BCUT2D eigenvalue weighted by atomic mass is 32.1. The van der Waals surface area contributed by atoms with E-state index in [2.05, 4.69) is 26.3 Å². The second-order valence-electron chi connectivity index (χ2n) is 8.77. The van der Waals surface area contributed by atoms with Crippen molar-refractivity contribution in [1.29, 1.82) is 0 Å². The van der Waals surface area contributed by atoms with Crippen molar-refractivity contribution in [3.63, 3.8) is 0 Å². The van der Waals surface area contributed by atoms with Crippen LogP contribution in [-0.4, -0.2) is 77.1 Å². The summed E-state index contributed by atoms with van der Waals surface area (Å²) in [5, 5.41) is 11.4. The van der Waals surface area contributed by atoms with Crippen LogP contribution in [0, 0.1) is 0 Å². The van der Waals surface area contributed by atoms with E-state index >= 15 is 0 Å². The molecular formula is C23H29N5O3S. The molecule has 5 rings (SSSR count). The molecule has 2 atom stereocenters. The SMILES string of the molecule is CC(C(=O)NC1CC1)N1CCN(CC(=O)N2N=C(c3ccco3)CC2c2cccs2)CC1. The fraction of sp³-hybridized carbons (Fsp3) is 0.522. The predicted octanol–water partition coefficient (Wildman–Crippen LogP) is 2.30. The molecule has 0 aromatic carbocycles. The molecule has 2 amide bonds. The number of nitrogens with one attached hydrogen (secondary N) is 1. The van der Waals surface area contributed by atoms with Crippen LogP contribution in [0.4, 0.5) is 0 Å². The Morgan fingerprint density at radius 2 is 2.03 bits per heavy atom.